The van der Waals surface area contributed by atoms with Crippen molar-refractivity contribution in [2.24, 2.45) is 5.92 Å². The highest BCUT2D eigenvalue weighted by molar-refractivity contribution is 8.00. The minimum absolute atomic E-state index is 0.00797. The molecule has 2 unspecified atom stereocenters. The number of esters is 1. The molecule has 0 aliphatic carbocycles. The van der Waals surface area contributed by atoms with Crippen LogP contribution >= 0.6 is 23.4 Å². The van der Waals surface area contributed by atoms with Crippen LogP contribution < -0.4 is 10.6 Å². The molecule has 2 aliphatic heterocycles. The quantitative estimate of drug-likeness (QED) is 0.0833. The molecule has 0 spiro atoms. The number of aliphatic carboxylic acids is 1. The molecule has 2 aliphatic rings. The summed E-state index contributed by atoms with van der Waals surface area (Å²) in [6.07, 6.45) is 0.504. The van der Waals surface area contributed by atoms with Gasteiger partial charge in [-0.15, -0.1) is 11.8 Å². The van der Waals surface area contributed by atoms with E-state index in [1.807, 2.05) is 0 Å². The predicted molar refractivity (Wildman–Crippen MR) is 134 cm³/mol. The molecule has 0 radical (unpaired) electrons. The molecule has 204 valence electrons. The lowest BCUT2D eigenvalue weighted by molar-refractivity contribution is -0.385. The number of nitrogens with one attached hydrogen (secondary N) is 2. The van der Waals surface area contributed by atoms with E-state index in [1.54, 1.807) is 6.92 Å². The summed E-state index contributed by atoms with van der Waals surface area (Å²) in [6, 6.07) is 4.41. The number of nitro benzene ring substituents is 1. The van der Waals surface area contributed by atoms with Gasteiger partial charge in [-0.25, -0.2) is 4.79 Å². The average molecular weight is 569 g/mol. The monoisotopic (exact) mass is 568 g/mol. The summed E-state index contributed by atoms with van der Waals surface area (Å²) in [6.45, 7) is 1.56. The number of fused-ring (bicyclic) bond motifs is 1. The van der Waals surface area contributed by atoms with E-state index in [0.29, 0.717) is 5.56 Å². The summed E-state index contributed by atoms with van der Waals surface area (Å²) in [7, 11) is 0. The van der Waals surface area contributed by atoms with Crippen molar-refractivity contribution < 1.29 is 38.7 Å². The number of carbonyl (C=O) groups is 5. The number of benzene rings is 1. The molecule has 0 saturated carbocycles. The van der Waals surface area contributed by atoms with Crippen molar-refractivity contribution in [3.8, 4) is 0 Å². The largest absolute Gasteiger partial charge is 0.477 e. The molecule has 1 fully saturated rings. The molecule has 0 aromatic heterocycles. The number of rotatable bonds is 12. The lowest BCUT2D eigenvalue weighted by Crippen LogP contribution is -2.71. The van der Waals surface area contributed by atoms with Gasteiger partial charge in [-0.2, -0.15) is 0 Å². The first-order valence-corrected chi connectivity index (χ1v) is 13.0. The molecular formula is C23H25ClN4O9S. The first-order valence-electron chi connectivity index (χ1n) is 11.6. The number of hydrogen-bond donors (Lipinski definition) is 3. The number of nitrogens with zero attached hydrogens (tertiary/aromatic N) is 2. The number of nitro groups is 1. The molecule has 1 aromatic rings. The maximum Gasteiger partial charge on any atom is 0.353 e. The van der Waals surface area contributed by atoms with E-state index in [9.17, 15) is 39.2 Å². The Hall–Kier alpha value is -3.65. The summed E-state index contributed by atoms with van der Waals surface area (Å²) >= 11 is 7.14. The number of β-lactam (4-membered cyclic amide) rings is 1. The van der Waals surface area contributed by atoms with E-state index >= 15 is 0 Å². The highest BCUT2D eigenvalue weighted by Gasteiger charge is 2.54. The molecule has 2 heterocycles. The Bertz CT molecular complexity index is 1190. The van der Waals surface area contributed by atoms with E-state index in [1.165, 1.54) is 36.0 Å². The van der Waals surface area contributed by atoms with Crippen LogP contribution in [0.4, 0.5) is 5.69 Å². The number of ether oxygens (including phenoxy) is 1. The summed E-state index contributed by atoms with van der Waals surface area (Å²) in [5.41, 5.74) is -0.187. The fraction of sp³-hybridized carbons (Fsp3) is 0.435. The molecule has 1 saturated heterocycles. The number of amides is 3. The number of carboxylic acid groups (broad SMARTS) is 1. The fourth-order valence-corrected chi connectivity index (χ4v) is 5.42. The van der Waals surface area contributed by atoms with E-state index in [2.05, 4.69) is 10.6 Å². The molecule has 13 nitrogen and oxygen atoms in total. The molecule has 3 N–H and O–H groups in total. The smallest absolute Gasteiger partial charge is 0.353 e. The molecule has 1 aromatic carbocycles. The molecule has 38 heavy (non-hydrogen) atoms. The van der Waals surface area contributed by atoms with Crippen LogP contribution in [0, 0.1) is 16.0 Å². The maximum atomic E-state index is 13.1. The summed E-state index contributed by atoms with van der Waals surface area (Å²) < 4.78 is 5.26. The Morgan fingerprint density at radius 3 is 2.74 bits per heavy atom. The van der Waals surface area contributed by atoms with Crippen LogP contribution in [0.25, 0.3) is 0 Å². The SMILES string of the molecule is CCC(=O)NCCCC(C(=O)NC1C(=O)N2C(C(=O)O)=C(Cl)CS[C@@H]12)C(=O)OCc1cccc([N+](=O)[O-])c1. The minimum Gasteiger partial charge on any atom is -0.477 e. The van der Waals surface area contributed by atoms with Crippen LogP contribution in [0.1, 0.15) is 31.7 Å². The van der Waals surface area contributed by atoms with Gasteiger partial charge in [-0.3, -0.25) is 34.2 Å². The molecule has 15 heteroatoms. The zero-order valence-electron chi connectivity index (χ0n) is 20.2. The van der Waals surface area contributed by atoms with Crippen molar-refractivity contribution in [2.45, 2.75) is 44.2 Å². The fourth-order valence-electron chi connectivity index (χ4n) is 3.87. The summed E-state index contributed by atoms with van der Waals surface area (Å²) in [5, 5.41) is 24.8. The number of hydrogen-bond acceptors (Lipinski definition) is 9. The van der Waals surface area contributed by atoms with Gasteiger partial charge in [0.05, 0.1) is 9.96 Å². The molecule has 3 atom stereocenters. The number of carbonyl (C=O) groups excluding carboxylic acids is 4. The topological polar surface area (TPSA) is 185 Å². The molecule has 3 rings (SSSR count). The van der Waals surface area contributed by atoms with Gasteiger partial charge in [0.25, 0.3) is 11.6 Å². The van der Waals surface area contributed by atoms with Gasteiger partial charge in [0.2, 0.25) is 11.8 Å². The van der Waals surface area contributed by atoms with Crippen molar-refractivity contribution in [3.63, 3.8) is 0 Å². The van der Waals surface area contributed by atoms with Gasteiger partial charge in [0, 0.05) is 30.9 Å². The van der Waals surface area contributed by atoms with Crippen molar-refractivity contribution in [3.05, 3.63) is 50.7 Å². The summed E-state index contributed by atoms with van der Waals surface area (Å²) in [4.78, 5) is 73.1. The van der Waals surface area contributed by atoms with E-state index in [-0.39, 0.29) is 60.5 Å². The standard InChI is InChI=1S/C23H25ClN4O9S/c1-2-16(29)25-8-4-7-14(23(34)37-10-12-5-3-6-13(9-12)28(35)36)19(30)26-17-20(31)27-18(22(32)33)15(24)11-38-21(17)27/h3,5-6,9,14,17,21H,2,4,7-8,10-11H2,1H3,(H,25,29)(H,26,30)(H,32,33)/t14?,17?,21-/m0/s1. The van der Waals surface area contributed by atoms with Gasteiger partial charge in [0.1, 0.15) is 29.6 Å². The van der Waals surface area contributed by atoms with Crippen LogP contribution in [0.3, 0.4) is 0 Å². The predicted octanol–water partition coefficient (Wildman–Crippen LogP) is 1.50. The number of halogens is 1. The average Bonchev–Trinajstić information content (AvgIpc) is 2.89. The number of carboxylic acids is 1. The lowest BCUT2D eigenvalue weighted by atomic mass is 9.99. The van der Waals surface area contributed by atoms with E-state index < -0.39 is 46.0 Å². The Balaban J connectivity index is 1.68. The van der Waals surface area contributed by atoms with Crippen LogP contribution in [0.2, 0.25) is 0 Å². The highest BCUT2D eigenvalue weighted by Crippen LogP contribution is 2.41. The third kappa shape index (κ3) is 6.61. The molecular weight excluding hydrogens is 544 g/mol. The van der Waals surface area contributed by atoms with Crippen LogP contribution in [0.5, 0.6) is 0 Å². The number of thioether (sulfide) groups is 1. The minimum atomic E-state index is -1.37. The zero-order chi connectivity index (χ0) is 28.0. The first-order chi connectivity index (χ1) is 18.0. The third-order valence-electron chi connectivity index (χ3n) is 5.84. The van der Waals surface area contributed by atoms with E-state index in [0.717, 1.165) is 4.90 Å². The second-order valence-corrected chi connectivity index (χ2v) is 9.95. The molecule has 0 bridgehead atoms. The Kier molecular flexibility index (Phi) is 9.69. The van der Waals surface area contributed by atoms with Gasteiger partial charge >= 0.3 is 11.9 Å². The maximum absolute atomic E-state index is 13.1. The highest BCUT2D eigenvalue weighted by atomic mass is 35.5. The van der Waals surface area contributed by atoms with Gasteiger partial charge in [-0.1, -0.05) is 30.7 Å². The normalized spacial score (nSPS) is 19.1. The van der Waals surface area contributed by atoms with Gasteiger partial charge in [0.15, 0.2) is 0 Å². The van der Waals surface area contributed by atoms with E-state index in [4.69, 9.17) is 16.3 Å². The second-order valence-electron chi connectivity index (χ2n) is 8.39. The zero-order valence-corrected chi connectivity index (χ0v) is 21.8. The Morgan fingerprint density at radius 1 is 1.34 bits per heavy atom. The third-order valence-corrected chi connectivity index (χ3v) is 7.59. The summed E-state index contributed by atoms with van der Waals surface area (Å²) in [5.74, 6) is -5.16. The van der Waals surface area contributed by atoms with Gasteiger partial charge in [-0.05, 0) is 18.4 Å². The first kappa shape index (κ1) is 28.9. The van der Waals surface area contributed by atoms with Crippen molar-refractivity contribution >= 4 is 58.7 Å². The second kappa shape index (κ2) is 12.7. The van der Waals surface area contributed by atoms with Crippen LogP contribution in [-0.2, 0) is 35.3 Å². The van der Waals surface area contributed by atoms with Crippen LogP contribution in [0.15, 0.2) is 35.0 Å². The van der Waals surface area contributed by atoms with Crippen molar-refractivity contribution in [1.29, 1.82) is 0 Å². The van der Waals surface area contributed by atoms with Crippen LogP contribution in [-0.4, -0.2) is 68.3 Å². The Morgan fingerprint density at radius 2 is 2.08 bits per heavy atom. The number of non-ortho nitro benzene ring substituents is 1. The van der Waals surface area contributed by atoms with Crippen molar-refractivity contribution in [2.75, 3.05) is 12.3 Å². The Labute approximate surface area is 226 Å². The van der Waals surface area contributed by atoms with Gasteiger partial charge < -0.3 is 20.5 Å². The molecule has 3 amide bonds. The lowest BCUT2D eigenvalue weighted by Gasteiger charge is -2.49. The van der Waals surface area contributed by atoms with Crippen molar-refractivity contribution in [1.82, 2.24) is 15.5 Å².